The molecule has 0 fully saturated rings. The van der Waals surface area contributed by atoms with E-state index in [9.17, 15) is 0 Å². The summed E-state index contributed by atoms with van der Waals surface area (Å²) in [6, 6.07) is 0. The SMILES string of the molecule is CC[C@@](C)(CN)C(C)C. The van der Waals surface area contributed by atoms with E-state index in [0.29, 0.717) is 11.3 Å². The second-order valence-corrected chi connectivity index (χ2v) is 3.37. The van der Waals surface area contributed by atoms with Crippen LogP contribution < -0.4 is 5.73 Å². The van der Waals surface area contributed by atoms with Gasteiger partial charge in [-0.1, -0.05) is 27.7 Å². The largest absolute Gasteiger partial charge is 0.330 e. The van der Waals surface area contributed by atoms with Crippen LogP contribution in [0.2, 0.25) is 0 Å². The van der Waals surface area contributed by atoms with Gasteiger partial charge in [0.1, 0.15) is 0 Å². The maximum atomic E-state index is 5.62. The summed E-state index contributed by atoms with van der Waals surface area (Å²) in [5, 5.41) is 0. The van der Waals surface area contributed by atoms with E-state index in [-0.39, 0.29) is 0 Å². The molecule has 1 atom stereocenters. The summed E-state index contributed by atoms with van der Waals surface area (Å²) in [6.07, 6.45) is 1.18. The summed E-state index contributed by atoms with van der Waals surface area (Å²) in [7, 11) is 0. The first-order chi connectivity index (χ1) is 4.06. The van der Waals surface area contributed by atoms with Gasteiger partial charge in [0.05, 0.1) is 0 Å². The van der Waals surface area contributed by atoms with Gasteiger partial charge >= 0.3 is 0 Å². The van der Waals surface area contributed by atoms with Gasteiger partial charge < -0.3 is 5.73 Å². The Labute approximate surface area is 58.6 Å². The lowest BCUT2D eigenvalue weighted by Crippen LogP contribution is -2.31. The highest BCUT2D eigenvalue weighted by Gasteiger charge is 2.23. The van der Waals surface area contributed by atoms with Crippen molar-refractivity contribution in [2.75, 3.05) is 6.54 Å². The van der Waals surface area contributed by atoms with Gasteiger partial charge in [0, 0.05) is 0 Å². The van der Waals surface area contributed by atoms with Crippen molar-refractivity contribution in [1.82, 2.24) is 0 Å². The lowest BCUT2D eigenvalue weighted by Gasteiger charge is -2.30. The van der Waals surface area contributed by atoms with Crippen LogP contribution in [0.3, 0.4) is 0 Å². The zero-order valence-corrected chi connectivity index (χ0v) is 7.07. The Morgan fingerprint density at radius 1 is 1.44 bits per heavy atom. The maximum Gasteiger partial charge on any atom is -0.00208 e. The van der Waals surface area contributed by atoms with E-state index in [2.05, 4.69) is 27.7 Å². The van der Waals surface area contributed by atoms with Crippen molar-refractivity contribution in [1.29, 1.82) is 0 Å². The highest BCUT2D eigenvalue weighted by atomic mass is 14.6. The fourth-order valence-electron chi connectivity index (χ4n) is 0.788. The molecule has 1 nitrogen and oxygen atoms in total. The summed E-state index contributed by atoms with van der Waals surface area (Å²) in [4.78, 5) is 0. The van der Waals surface area contributed by atoms with Gasteiger partial charge in [-0.25, -0.2) is 0 Å². The molecule has 0 aliphatic carbocycles. The summed E-state index contributed by atoms with van der Waals surface area (Å²) >= 11 is 0. The predicted octanol–water partition coefficient (Wildman–Crippen LogP) is 2.02. The topological polar surface area (TPSA) is 26.0 Å². The Hall–Kier alpha value is -0.0400. The average molecular weight is 129 g/mol. The Kier molecular flexibility index (Phi) is 3.20. The standard InChI is InChI=1S/C8H19N/c1-5-8(4,6-9)7(2)3/h7H,5-6,9H2,1-4H3/t8-/m0/s1. The lowest BCUT2D eigenvalue weighted by atomic mass is 9.77. The van der Waals surface area contributed by atoms with Crippen LogP contribution in [0.15, 0.2) is 0 Å². The molecule has 0 radical (unpaired) electrons. The van der Waals surface area contributed by atoms with E-state index in [4.69, 9.17) is 5.73 Å². The van der Waals surface area contributed by atoms with E-state index in [0.717, 1.165) is 6.54 Å². The average Bonchev–Trinajstić information content (AvgIpc) is 1.86. The third-order valence-corrected chi connectivity index (χ3v) is 2.67. The molecule has 0 unspecified atom stereocenters. The molecule has 0 aliphatic rings. The minimum atomic E-state index is 0.361. The molecule has 0 aromatic rings. The quantitative estimate of drug-likeness (QED) is 0.620. The van der Waals surface area contributed by atoms with Crippen molar-refractivity contribution in [2.24, 2.45) is 17.1 Å². The molecule has 0 saturated heterocycles. The second kappa shape index (κ2) is 3.21. The van der Waals surface area contributed by atoms with E-state index in [1.54, 1.807) is 0 Å². The summed E-state index contributed by atoms with van der Waals surface area (Å²) in [5.41, 5.74) is 5.98. The maximum absolute atomic E-state index is 5.62. The fourth-order valence-corrected chi connectivity index (χ4v) is 0.788. The molecule has 0 saturated carbocycles. The highest BCUT2D eigenvalue weighted by Crippen LogP contribution is 2.28. The Morgan fingerprint density at radius 3 is 1.89 bits per heavy atom. The Morgan fingerprint density at radius 2 is 1.89 bits per heavy atom. The van der Waals surface area contributed by atoms with Crippen molar-refractivity contribution >= 4 is 0 Å². The third-order valence-electron chi connectivity index (χ3n) is 2.67. The first kappa shape index (κ1) is 8.96. The number of rotatable bonds is 3. The number of hydrogen-bond acceptors (Lipinski definition) is 1. The zero-order chi connectivity index (χ0) is 7.49. The van der Waals surface area contributed by atoms with Crippen molar-refractivity contribution < 1.29 is 0 Å². The smallest absolute Gasteiger partial charge is 0.00208 e. The van der Waals surface area contributed by atoms with E-state index in [1.165, 1.54) is 6.42 Å². The summed E-state index contributed by atoms with van der Waals surface area (Å²) in [6.45, 7) is 9.72. The van der Waals surface area contributed by atoms with Crippen LogP contribution >= 0.6 is 0 Å². The monoisotopic (exact) mass is 129 g/mol. The summed E-state index contributed by atoms with van der Waals surface area (Å²) < 4.78 is 0. The normalized spacial score (nSPS) is 18.0. The van der Waals surface area contributed by atoms with Gasteiger partial charge in [0.25, 0.3) is 0 Å². The van der Waals surface area contributed by atoms with Crippen LogP contribution in [-0.2, 0) is 0 Å². The Bertz CT molecular complexity index is 72.6. The van der Waals surface area contributed by atoms with Crippen LogP contribution in [0.1, 0.15) is 34.1 Å². The predicted molar refractivity (Wildman–Crippen MR) is 42.3 cm³/mol. The molecule has 2 N–H and O–H groups in total. The Balaban J connectivity index is 3.92. The summed E-state index contributed by atoms with van der Waals surface area (Å²) in [5.74, 6) is 0.701. The molecule has 0 aromatic carbocycles. The van der Waals surface area contributed by atoms with Crippen molar-refractivity contribution in [3.05, 3.63) is 0 Å². The van der Waals surface area contributed by atoms with Crippen molar-refractivity contribution in [3.8, 4) is 0 Å². The van der Waals surface area contributed by atoms with Gasteiger partial charge in [-0.15, -0.1) is 0 Å². The molecule has 0 aliphatic heterocycles. The number of nitrogens with two attached hydrogens (primary N) is 1. The minimum absolute atomic E-state index is 0.361. The molecule has 1 heteroatoms. The second-order valence-electron chi connectivity index (χ2n) is 3.37. The molecule has 0 bridgehead atoms. The third kappa shape index (κ3) is 1.98. The number of hydrogen-bond donors (Lipinski definition) is 1. The van der Waals surface area contributed by atoms with Crippen LogP contribution in [0.5, 0.6) is 0 Å². The van der Waals surface area contributed by atoms with E-state index < -0.39 is 0 Å². The molecule has 9 heavy (non-hydrogen) atoms. The molecule has 0 amide bonds. The molecule has 0 aromatic heterocycles. The highest BCUT2D eigenvalue weighted by molar-refractivity contribution is 4.76. The zero-order valence-electron chi connectivity index (χ0n) is 7.07. The van der Waals surface area contributed by atoms with Gasteiger partial charge in [0.2, 0.25) is 0 Å². The lowest BCUT2D eigenvalue weighted by molar-refractivity contribution is 0.220. The van der Waals surface area contributed by atoms with E-state index >= 15 is 0 Å². The van der Waals surface area contributed by atoms with E-state index in [1.807, 2.05) is 0 Å². The van der Waals surface area contributed by atoms with Crippen LogP contribution in [-0.4, -0.2) is 6.54 Å². The van der Waals surface area contributed by atoms with Gasteiger partial charge in [-0.2, -0.15) is 0 Å². The van der Waals surface area contributed by atoms with Gasteiger partial charge in [0.15, 0.2) is 0 Å². The molecule has 0 heterocycles. The van der Waals surface area contributed by atoms with Gasteiger partial charge in [-0.05, 0) is 24.3 Å². The molecule has 0 rings (SSSR count). The van der Waals surface area contributed by atoms with Crippen molar-refractivity contribution in [3.63, 3.8) is 0 Å². The van der Waals surface area contributed by atoms with Crippen LogP contribution in [0, 0.1) is 11.3 Å². The molecule has 56 valence electrons. The first-order valence-corrected chi connectivity index (χ1v) is 3.77. The van der Waals surface area contributed by atoms with Crippen LogP contribution in [0.4, 0.5) is 0 Å². The first-order valence-electron chi connectivity index (χ1n) is 3.77. The fraction of sp³-hybridized carbons (Fsp3) is 1.00. The molecular weight excluding hydrogens is 110 g/mol. The minimum Gasteiger partial charge on any atom is -0.330 e. The van der Waals surface area contributed by atoms with Crippen LogP contribution in [0.25, 0.3) is 0 Å². The van der Waals surface area contributed by atoms with Gasteiger partial charge in [-0.3, -0.25) is 0 Å². The molecule has 0 spiro atoms. The molecular formula is C8H19N. The van der Waals surface area contributed by atoms with Crippen molar-refractivity contribution in [2.45, 2.75) is 34.1 Å².